The van der Waals surface area contributed by atoms with E-state index < -0.39 is 0 Å². The molecule has 1 aliphatic heterocycles. The third-order valence-electron chi connectivity index (χ3n) is 3.75. The first-order valence-corrected chi connectivity index (χ1v) is 7.36. The molecule has 4 nitrogen and oxygen atoms in total. The number of nitrogens with one attached hydrogen (secondary N) is 2. The molecule has 0 unspecified atom stereocenters. The van der Waals surface area contributed by atoms with E-state index in [1.54, 1.807) is 0 Å². The van der Waals surface area contributed by atoms with Crippen LogP contribution in [0.15, 0.2) is 24.3 Å². The van der Waals surface area contributed by atoms with Gasteiger partial charge >= 0.3 is 0 Å². The number of rotatable bonds is 5. The fraction of sp³-hybridized carbons (Fsp3) is 0.562. The van der Waals surface area contributed by atoms with Gasteiger partial charge in [0, 0.05) is 12.0 Å². The normalized spacial score (nSPS) is 21.2. The van der Waals surface area contributed by atoms with Gasteiger partial charge in [-0.3, -0.25) is 4.79 Å². The maximum atomic E-state index is 12.0. The molecule has 5 heteroatoms. The Labute approximate surface area is 133 Å². The van der Waals surface area contributed by atoms with Gasteiger partial charge in [0.05, 0.1) is 6.54 Å². The summed E-state index contributed by atoms with van der Waals surface area (Å²) in [5.41, 5.74) is 1.12. The van der Waals surface area contributed by atoms with E-state index in [0.29, 0.717) is 19.2 Å². The zero-order valence-electron chi connectivity index (χ0n) is 12.7. The summed E-state index contributed by atoms with van der Waals surface area (Å²) in [5.74, 6) is 1.19. The summed E-state index contributed by atoms with van der Waals surface area (Å²) in [6, 6.07) is 8.35. The van der Waals surface area contributed by atoms with Crippen molar-refractivity contribution in [2.75, 3.05) is 19.7 Å². The van der Waals surface area contributed by atoms with Crippen molar-refractivity contribution in [2.24, 2.45) is 5.92 Å². The van der Waals surface area contributed by atoms with Crippen molar-refractivity contribution < 1.29 is 9.53 Å². The van der Waals surface area contributed by atoms with Gasteiger partial charge in [0.25, 0.3) is 0 Å². The minimum absolute atomic E-state index is 0. The zero-order chi connectivity index (χ0) is 14.4. The lowest BCUT2D eigenvalue weighted by atomic mass is 9.92. The number of aryl methyl sites for hydroxylation is 1. The van der Waals surface area contributed by atoms with E-state index in [1.165, 1.54) is 0 Å². The maximum Gasteiger partial charge on any atom is 0.223 e. The first kappa shape index (κ1) is 17.8. The molecule has 2 atom stereocenters. The van der Waals surface area contributed by atoms with Crippen LogP contribution < -0.4 is 15.4 Å². The number of carbonyl (C=O) groups is 1. The van der Waals surface area contributed by atoms with Crippen LogP contribution in [0.5, 0.6) is 5.75 Å². The molecular weight excluding hydrogens is 288 g/mol. The van der Waals surface area contributed by atoms with Crippen molar-refractivity contribution in [2.45, 2.75) is 32.7 Å². The van der Waals surface area contributed by atoms with Crippen LogP contribution in [0.3, 0.4) is 0 Å². The van der Waals surface area contributed by atoms with Gasteiger partial charge in [-0.25, -0.2) is 0 Å². The molecule has 1 amide bonds. The zero-order valence-corrected chi connectivity index (χ0v) is 13.5. The number of benzene rings is 1. The van der Waals surface area contributed by atoms with Gasteiger partial charge in [-0.15, -0.1) is 12.4 Å². The lowest BCUT2D eigenvalue weighted by Crippen LogP contribution is -2.43. The van der Waals surface area contributed by atoms with E-state index >= 15 is 0 Å². The standard InChI is InChI=1S/C16H24N2O2.ClH/c1-12-5-3-4-6-15(12)20-10-9-18-16(19)14-7-8-17-13(2)11-14;/h3-6,13-14,17H,7-11H2,1-2H3,(H,18,19);1H/t13-,14-;/m0./s1. The summed E-state index contributed by atoms with van der Waals surface area (Å²) in [7, 11) is 0. The molecule has 0 aromatic heterocycles. The topological polar surface area (TPSA) is 50.4 Å². The summed E-state index contributed by atoms with van der Waals surface area (Å²) in [4.78, 5) is 12.0. The van der Waals surface area contributed by atoms with Crippen molar-refractivity contribution in [3.63, 3.8) is 0 Å². The molecule has 0 radical (unpaired) electrons. The summed E-state index contributed by atoms with van der Waals surface area (Å²) < 4.78 is 5.67. The van der Waals surface area contributed by atoms with Gasteiger partial charge in [-0.1, -0.05) is 18.2 Å². The van der Waals surface area contributed by atoms with E-state index in [1.807, 2.05) is 31.2 Å². The molecule has 0 bridgehead atoms. The molecule has 118 valence electrons. The van der Waals surface area contributed by atoms with Gasteiger partial charge in [0.1, 0.15) is 12.4 Å². The number of carbonyl (C=O) groups excluding carboxylic acids is 1. The van der Waals surface area contributed by atoms with Crippen molar-refractivity contribution in [3.05, 3.63) is 29.8 Å². The fourth-order valence-electron chi connectivity index (χ4n) is 2.57. The second-order valence-corrected chi connectivity index (χ2v) is 5.48. The first-order chi connectivity index (χ1) is 9.66. The lowest BCUT2D eigenvalue weighted by Gasteiger charge is -2.27. The monoisotopic (exact) mass is 312 g/mol. The van der Waals surface area contributed by atoms with E-state index in [0.717, 1.165) is 30.7 Å². The number of amides is 1. The van der Waals surface area contributed by atoms with E-state index in [2.05, 4.69) is 17.6 Å². The van der Waals surface area contributed by atoms with Crippen LogP contribution >= 0.6 is 12.4 Å². The van der Waals surface area contributed by atoms with Gasteiger partial charge in [0.15, 0.2) is 0 Å². The SMILES string of the molecule is Cc1ccccc1OCCNC(=O)[C@H]1CCN[C@@H](C)C1.Cl. The van der Waals surface area contributed by atoms with E-state index in [4.69, 9.17) is 4.74 Å². The van der Waals surface area contributed by atoms with Crippen LogP contribution in [0, 0.1) is 12.8 Å². The molecule has 1 aromatic carbocycles. The van der Waals surface area contributed by atoms with Crippen molar-refractivity contribution in [3.8, 4) is 5.75 Å². The van der Waals surface area contributed by atoms with Crippen LogP contribution in [0.2, 0.25) is 0 Å². The Morgan fingerprint density at radius 2 is 2.19 bits per heavy atom. The van der Waals surface area contributed by atoms with E-state index in [9.17, 15) is 4.79 Å². The Morgan fingerprint density at radius 3 is 2.90 bits per heavy atom. The highest BCUT2D eigenvalue weighted by Crippen LogP contribution is 2.17. The van der Waals surface area contributed by atoms with Crippen LogP contribution in [0.25, 0.3) is 0 Å². The van der Waals surface area contributed by atoms with Crippen LogP contribution in [-0.4, -0.2) is 31.6 Å². The molecular formula is C16H25ClN2O2. The highest BCUT2D eigenvalue weighted by molar-refractivity contribution is 5.85. The summed E-state index contributed by atoms with van der Waals surface area (Å²) in [5, 5.41) is 6.33. The van der Waals surface area contributed by atoms with Crippen molar-refractivity contribution in [1.29, 1.82) is 0 Å². The third-order valence-corrected chi connectivity index (χ3v) is 3.75. The highest BCUT2D eigenvalue weighted by Gasteiger charge is 2.24. The van der Waals surface area contributed by atoms with Gasteiger partial charge < -0.3 is 15.4 Å². The van der Waals surface area contributed by atoms with Crippen LogP contribution in [-0.2, 0) is 4.79 Å². The Kier molecular flexibility index (Phi) is 7.54. The van der Waals surface area contributed by atoms with E-state index in [-0.39, 0.29) is 24.2 Å². The second kappa shape index (κ2) is 8.90. The smallest absolute Gasteiger partial charge is 0.223 e. The lowest BCUT2D eigenvalue weighted by molar-refractivity contribution is -0.126. The van der Waals surface area contributed by atoms with Gasteiger partial charge in [-0.2, -0.15) is 0 Å². The number of ether oxygens (including phenoxy) is 1. The second-order valence-electron chi connectivity index (χ2n) is 5.48. The Morgan fingerprint density at radius 1 is 1.43 bits per heavy atom. The Bertz CT molecular complexity index is 454. The molecule has 1 saturated heterocycles. The van der Waals surface area contributed by atoms with Crippen LogP contribution in [0.4, 0.5) is 0 Å². The molecule has 2 rings (SSSR count). The van der Waals surface area contributed by atoms with Gasteiger partial charge in [0.2, 0.25) is 5.91 Å². The molecule has 1 heterocycles. The number of piperidine rings is 1. The summed E-state index contributed by atoms with van der Waals surface area (Å²) in [6.45, 7) is 6.15. The largest absolute Gasteiger partial charge is 0.491 e. The molecule has 0 aliphatic carbocycles. The van der Waals surface area contributed by atoms with Crippen molar-refractivity contribution >= 4 is 18.3 Å². The Balaban J connectivity index is 0.00000220. The van der Waals surface area contributed by atoms with Gasteiger partial charge in [-0.05, 0) is 44.9 Å². The predicted molar refractivity (Wildman–Crippen MR) is 87.1 cm³/mol. The number of para-hydroxylation sites is 1. The van der Waals surface area contributed by atoms with Crippen molar-refractivity contribution in [1.82, 2.24) is 10.6 Å². The summed E-state index contributed by atoms with van der Waals surface area (Å²) >= 11 is 0. The molecule has 0 spiro atoms. The molecule has 1 aliphatic rings. The third kappa shape index (κ3) is 5.56. The molecule has 1 aromatic rings. The number of hydrogen-bond donors (Lipinski definition) is 2. The fourth-order valence-corrected chi connectivity index (χ4v) is 2.57. The minimum Gasteiger partial charge on any atom is -0.491 e. The molecule has 1 fully saturated rings. The predicted octanol–water partition coefficient (Wildman–Crippen LogP) is 2.30. The van der Waals surface area contributed by atoms with Crippen LogP contribution in [0.1, 0.15) is 25.3 Å². The average Bonchev–Trinajstić information content (AvgIpc) is 2.45. The minimum atomic E-state index is 0. The summed E-state index contributed by atoms with van der Waals surface area (Å²) in [6.07, 6.45) is 1.85. The molecule has 0 saturated carbocycles. The maximum absolute atomic E-state index is 12.0. The Hall–Kier alpha value is -1.26. The molecule has 2 N–H and O–H groups in total. The quantitative estimate of drug-likeness (QED) is 0.820. The number of halogens is 1. The highest BCUT2D eigenvalue weighted by atomic mass is 35.5. The number of hydrogen-bond acceptors (Lipinski definition) is 3. The molecule has 21 heavy (non-hydrogen) atoms. The average molecular weight is 313 g/mol. The first-order valence-electron chi connectivity index (χ1n) is 7.36.